The van der Waals surface area contributed by atoms with Crippen molar-refractivity contribution in [2.45, 2.75) is 11.8 Å². The van der Waals surface area contributed by atoms with Crippen LogP contribution in [0.1, 0.15) is 15.9 Å². The molecule has 0 aliphatic carbocycles. The van der Waals surface area contributed by atoms with Crippen LogP contribution < -0.4 is 5.32 Å². The van der Waals surface area contributed by atoms with Gasteiger partial charge in [-0.25, -0.2) is 8.42 Å². The molecule has 0 spiro atoms. The van der Waals surface area contributed by atoms with Crippen LogP contribution in [0.25, 0.3) is 0 Å². The van der Waals surface area contributed by atoms with Crippen molar-refractivity contribution in [3.8, 4) is 0 Å². The van der Waals surface area contributed by atoms with Gasteiger partial charge in [-0.2, -0.15) is 4.31 Å². The fourth-order valence-corrected chi connectivity index (χ4v) is 4.76. The van der Waals surface area contributed by atoms with Gasteiger partial charge in [-0.1, -0.05) is 41.4 Å². The quantitative estimate of drug-likeness (QED) is 0.777. The summed E-state index contributed by atoms with van der Waals surface area (Å²) in [5, 5.41) is 3.29. The third-order valence-electron chi connectivity index (χ3n) is 4.82. The van der Waals surface area contributed by atoms with Crippen LogP contribution in [0.4, 0.5) is 0 Å². The van der Waals surface area contributed by atoms with Crippen LogP contribution in [0.3, 0.4) is 0 Å². The largest absolute Gasteiger partial charge is 0.351 e. The van der Waals surface area contributed by atoms with Crippen LogP contribution in [-0.2, 0) is 10.0 Å². The van der Waals surface area contributed by atoms with Gasteiger partial charge in [-0.05, 0) is 31.2 Å². The van der Waals surface area contributed by atoms with Crippen molar-refractivity contribution in [1.29, 1.82) is 0 Å². The number of halogens is 1. The number of carbonyl (C=O) groups is 1. The van der Waals surface area contributed by atoms with E-state index < -0.39 is 10.0 Å². The molecule has 1 saturated heterocycles. The first kappa shape index (κ1) is 20.8. The van der Waals surface area contributed by atoms with Gasteiger partial charge in [0, 0.05) is 39.3 Å². The average Bonchev–Trinajstić information content (AvgIpc) is 2.69. The lowest BCUT2D eigenvalue weighted by Gasteiger charge is -2.34. The number of aryl methyl sites for hydroxylation is 1. The standard InChI is InChI=1S/C20H24ClN3O3S/c1-16-6-8-17(9-7-16)28(26,27)24-14-12-23(13-15-24)11-10-22-20(25)18-4-2-3-5-19(18)21/h2-9H,10-15H2,1H3,(H,22,25). The van der Waals surface area contributed by atoms with E-state index in [9.17, 15) is 13.2 Å². The molecular weight excluding hydrogens is 398 g/mol. The van der Waals surface area contributed by atoms with Crippen LogP contribution in [0.15, 0.2) is 53.4 Å². The number of piperazine rings is 1. The van der Waals surface area contributed by atoms with E-state index in [1.54, 1.807) is 36.4 Å². The molecule has 0 unspecified atom stereocenters. The Kier molecular flexibility index (Phi) is 6.72. The van der Waals surface area contributed by atoms with Crippen molar-refractivity contribution in [3.05, 3.63) is 64.7 Å². The predicted molar refractivity (Wildman–Crippen MR) is 110 cm³/mol. The summed E-state index contributed by atoms with van der Waals surface area (Å²) in [6.07, 6.45) is 0. The molecule has 3 rings (SSSR count). The van der Waals surface area contributed by atoms with Crippen molar-refractivity contribution in [2.75, 3.05) is 39.3 Å². The van der Waals surface area contributed by atoms with Gasteiger partial charge >= 0.3 is 0 Å². The molecule has 2 aromatic rings. The summed E-state index contributed by atoms with van der Waals surface area (Å²) < 4.78 is 27.0. The van der Waals surface area contributed by atoms with Gasteiger partial charge in [-0.3, -0.25) is 9.69 Å². The Morgan fingerprint density at radius 3 is 2.32 bits per heavy atom. The fraction of sp³-hybridized carbons (Fsp3) is 0.350. The van der Waals surface area contributed by atoms with Crippen molar-refractivity contribution < 1.29 is 13.2 Å². The van der Waals surface area contributed by atoms with Crippen molar-refractivity contribution >= 4 is 27.5 Å². The summed E-state index contributed by atoms with van der Waals surface area (Å²) in [6, 6.07) is 13.9. The molecule has 1 aliphatic rings. The predicted octanol–water partition coefficient (Wildman–Crippen LogP) is 2.38. The summed E-state index contributed by atoms with van der Waals surface area (Å²) in [5.74, 6) is -0.203. The van der Waals surface area contributed by atoms with Gasteiger partial charge in [0.1, 0.15) is 0 Å². The number of rotatable bonds is 6. The zero-order valence-corrected chi connectivity index (χ0v) is 17.3. The molecule has 0 saturated carbocycles. The van der Waals surface area contributed by atoms with E-state index in [1.165, 1.54) is 4.31 Å². The summed E-state index contributed by atoms with van der Waals surface area (Å²) in [7, 11) is -3.45. The monoisotopic (exact) mass is 421 g/mol. The minimum atomic E-state index is -3.45. The molecule has 28 heavy (non-hydrogen) atoms. The summed E-state index contributed by atoms with van der Waals surface area (Å²) in [4.78, 5) is 14.6. The average molecular weight is 422 g/mol. The first-order valence-corrected chi connectivity index (χ1v) is 11.0. The van der Waals surface area contributed by atoms with Gasteiger partial charge in [0.2, 0.25) is 10.0 Å². The van der Waals surface area contributed by atoms with Crippen molar-refractivity contribution in [1.82, 2.24) is 14.5 Å². The Labute approximate surface area is 171 Å². The van der Waals surface area contributed by atoms with E-state index in [2.05, 4.69) is 10.2 Å². The Bertz CT molecular complexity index is 924. The summed E-state index contributed by atoms with van der Waals surface area (Å²) in [6.45, 7) is 5.21. The Morgan fingerprint density at radius 1 is 1.04 bits per heavy atom. The second-order valence-electron chi connectivity index (χ2n) is 6.79. The van der Waals surface area contributed by atoms with Gasteiger partial charge in [0.25, 0.3) is 5.91 Å². The summed E-state index contributed by atoms with van der Waals surface area (Å²) in [5.41, 5.74) is 1.49. The minimum absolute atomic E-state index is 0.203. The number of nitrogens with zero attached hydrogens (tertiary/aromatic N) is 2. The smallest absolute Gasteiger partial charge is 0.252 e. The molecule has 1 heterocycles. The van der Waals surface area contributed by atoms with Crippen molar-refractivity contribution in [3.63, 3.8) is 0 Å². The van der Waals surface area contributed by atoms with Gasteiger partial charge in [-0.15, -0.1) is 0 Å². The van der Waals surface area contributed by atoms with E-state index in [4.69, 9.17) is 11.6 Å². The molecule has 0 aromatic heterocycles. The highest BCUT2D eigenvalue weighted by Crippen LogP contribution is 2.18. The van der Waals surface area contributed by atoms with Gasteiger partial charge in [0.15, 0.2) is 0 Å². The van der Waals surface area contributed by atoms with Crippen LogP contribution in [0.2, 0.25) is 5.02 Å². The molecule has 0 atom stereocenters. The Hall–Kier alpha value is -1.93. The zero-order chi connectivity index (χ0) is 20.1. The number of sulfonamides is 1. The second-order valence-corrected chi connectivity index (χ2v) is 9.14. The van der Waals surface area contributed by atoms with E-state index >= 15 is 0 Å². The maximum Gasteiger partial charge on any atom is 0.252 e. The zero-order valence-electron chi connectivity index (χ0n) is 15.8. The summed E-state index contributed by atoms with van der Waals surface area (Å²) >= 11 is 6.03. The highest BCUT2D eigenvalue weighted by Gasteiger charge is 2.28. The molecule has 8 heteroatoms. The molecule has 1 aliphatic heterocycles. The number of amides is 1. The topological polar surface area (TPSA) is 69.7 Å². The van der Waals surface area contributed by atoms with Crippen LogP contribution in [0, 0.1) is 6.92 Å². The lowest BCUT2D eigenvalue weighted by Crippen LogP contribution is -2.50. The van der Waals surface area contributed by atoms with Crippen molar-refractivity contribution in [2.24, 2.45) is 0 Å². The van der Waals surface area contributed by atoms with Gasteiger partial charge in [0.05, 0.1) is 15.5 Å². The Morgan fingerprint density at radius 2 is 1.68 bits per heavy atom. The molecule has 1 N–H and O–H groups in total. The number of carbonyl (C=O) groups excluding carboxylic acids is 1. The lowest BCUT2D eigenvalue weighted by atomic mass is 10.2. The molecule has 150 valence electrons. The first-order chi connectivity index (χ1) is 13.4. The molecule has 2 aromatic carbocycles. The van der Waals surface area contributed by atoms with E-state index in [0.717, 1.165) is 5.56 Å². The number of nitrogens with one attached hydrogen (secondary N) is 1. The fourth-order valence-electron chi connectivity index (χ4n) is 3.12. The maximum absolute atomic E-state index is 12.7. The van der Waals surface area contributed by atoms with E-state index in [1.807, 2.05) is 19.1 Å². The van der Waals surface area contributed by atoms with E-state index in [0.29, 0.717) is 54.8 Å². The molecule has 6 nitrogen and oxygen atoms in total. The normalized spacial score (nSPS) is 16.1. The number of hydrogen-bond donors (Lipinski definition) is 1. The van der Waals surface area contributed by atoms with Gasteiger partial charge < -0.3 is 5.32 Å². The van der Waals surface area contributed by atoms with Crippen LogP contribution >= 0.6 is 11.6 Å². The molecule has 0 radical (unpaired) electrons. The lowest BCUT2D eigenvalue weighted by molar-refractivity contribution is 0.0945. The third kappa shape index (κ3) is 4.91. The highest BCUT2D eigenvalue weighted by molar-refractivity contribution is 7.89. The molecule has 1 fully saturated rings. The minimum Gasteiger partial charge on any atom is -0.351 e. The van der Waals surface area contributed by atoms with E-state index in [-0.39, 0.29) is 5.91 Å². The SMILES string of the molecule is Cc1ccc(S(=O)(=O)N2CCN(CCNC(=O)c3ccccc3Cl)CC2)cc1. The first-order valence-electron chi connectivity index (χ1n) is 9.20. The molecule has 0 bridgehead atoms. The Balaban J connectivity index is 1.47. The highest BCUT2D eigenvalue weighted by atomic mass is 35.5. The maximum atomic E-state index is 12.7. The third-order valence-corrected chi connectivity index (χ3v) is 7.06. The second kappa shape index (κ2) is 9.05. The van der Waals surface area contributed by atoms with Crippen LogP contribution in [-0.4, -0.2) is 62.8 Å². The molecule has 1 amide bonds. The number of hydrogen-bond acceptors (Lipinski definition) is 4. The number of benzene rings is 2. The van der Waals surface area contributed by atoms with Crippen LogP contribution in [0.5, 0.6) is 0 Å². The molecular formula is C20H24ClN3O3S.